The van der Waals surface area contributed by atoms with E-state index in [4.69, 9.17) is 4.42 Å². The number of furan rings is 1. The highest BCUT2D eigenvalue weighted by Crippen LogP contribution is 2.19. The molecule has 0 unspecified atom stereocenters. The second kappa shape index (κ2) is 8.67. The molecule has 1 N–H and O–H groups in total. The van der Waals surface area contributed by atoms with E-state index in [0.717, 1.165) is 38.2 Å². The molecule has 1 amide bonds. The van der Waals surface area contributed by atoms with Gasteiger partial charge in [0.05, 0.1) is 12.8 Å². The van der Waals surface area contributed by atoms with E-state index in [0.29, 0.717) is 6.54 Å². The second-order valence-electron chi connectivity index (χ2n) is 6.75. The van der Waals surface area contributed by atoms with Gasteiger partial charge in [-0.2, -0.15) is 0 Å². The molecule has 2 heterocycles. The zero-order valence-corrected chi connectivity index (χ0v) is 14.8. The van der Waals surface area contributed by atoms with Crippen molar-refractivity contribution in [2.75, 3.05) is 19.6 Å². The number of nitrogens with one attached hydrogen (secondary N) is 1. The van der Waals surface area contributed by atoms with Crippen LogP contribution in [0.4, 0.5) is 0 Å². The highest BCUT2D eigenvalue weighted by molar-refractivity contribution is 5.78. The smallest absolute Gasteiger partial charge is 0.223 e. The van der Waals surface area contributed by atoms with Crippen LogP contribution in [0.1, 0.15) is 31.1 Å². The molecule has 0 aliphatic carbocycles. The van der Waals surface area contributed by atoms with Crippen LogP contribution in [-0.4, -0.2) is 30.4 Å². The standard InChI is InChI=1S/C21H26N2O2/c1-17(14-18-6-3-2-4-7-18)16-23-11-9-19(10-12-23)21(24)22-15-20-8-5-13-25-20/h2-8,13-14,19H,9-12,15-16H2,1H3,(H,22,24)/b17-14+. The molecule has 3 rings (SSSR count). The van der Waals surface area contributed by atoms with E-state index >= 15 is 0 Å². The van der Waals surface area contributed by atoms with Gasteiger partial charge in [-0.1, -0.05) is 42.0 Å². The minimum atomic E-state index is 0.115. The van der Waals surface area contributed by atoms with Crippen molar-refractivity contribution in [3.05, 3.63) is 65.6 Å². The van der Waals surface area contributed by atoms with Crippen molar-refractivity contribution in [1.82, 2.24) is 10.2 Å². The van der Waals surface area contributed by atoms with Gasteiger partial charge in [-0.3, -0.25) is 9.69 Å². The van der Waals surface area contributed by atoms with Gasteiger partial charge in [0.1, 0.15) is 5.76 Å². The van der Waals surface area contributed by atoms with Crippen LogP contribution in [0.25, 0.3) is 6.08 Å². The van der Waals surface area contributed by atoms with Gasteiger partial charge in [0.2, 0.25) is 5.91 Å². The maximum atomic E-state index is 12.3. The maximum Gasteiger partial charge on any atom is 0.223 e. The Morgan fingerprint density at radius 3 is 2.64 bits per heavy atom. The summed E-state index contributed by atoms with van der Waals surface area (Å²) in [6, 6.07) is 14.1. The number of benzene rings is 1. The molecule has 0 atom stereocenters. The van der Waals surface area contributed by atoms with Crippen LogP contribution in [0, 0.1) is 5.92 Å². The average molecular weight is 338 g/mol. The first-order valence-electron chi connectivity index (χ1n) is 8.95. The lowest BCUT2D eigenvalue weighted by atomic mass is 9.95. The molecule has 1 fully saturated rings. The van der Waals surface area contributed by atoms with Crippen molar-refractivity contribution in [2.45, 2.75) is 26.3 Å². The average Bonchev–Trinajstić information content (AvgIpc) is 3.14. The first-order chi connectivity index (χ1) is 12.2. The number of amides is 1. The fourth-order valence-corrected chi connectivity index (χ4v) is 3.32. The molecular formula is C21H26N2O2. The topological polar surface area (TPSA) is 45.5 Å². The molecule has 2 aromatic rings. The summed E-state index contributed by atoms with van der Waals surface area (Å²) in [4.78, 5) is 14.7. The molecule has 1 saturated heterocycles. The van der Waals surface area contributed by atoms with Gasteiger partial charge in [0, 0.05) is 12.5 Å². The Morgan fingerprint density at radius 2 is 1.96 bits per heavy atom. The monoisotopic (exact) mass is 338 g/mol. The number of piperidine rings is 1. The van der Waals surface area contributed by atoms with E-state index in [2.05, 4.69) is 47.5 Å². The third-order valence-electron chi connectivity index (χ3n) is 4.66. The van der Waals surface area contributed by atoms with Gasteiger partial charge in [0.25, 0.3) is 0 Å². The normalized spacial score (nSPS) is 16.8. The molecule has 4 nitrogen and oxygen atoms in total. The van der Waals surface area contributed by atoms with Gasteiger partial charge >= 0.3 is 0 Å². The van der Waals surface area contributed by atoms with E-state index in [9.17, 15) is 4.79 Å². The molecule has 0 bridgehead atoms. The quantitative estimate of drug-likeness (QED) is 0.873. The number of likely N-dealkylation sites (tertiary alicyclic amines) is 1. The van der Waals surface area contributed by atoms with Crippen LogP contribution >= 0.6 is 0 Å². The number of hydrogen-bond donors (Lipinski definition) is 1. The van der Waals surface area contributed by atoms with E-state index < -0.39 is 0 Å². The Balaban J connectivity index is 1.42. The molecule has 0 saturated carbocycles. The minimum Gasteiger partial charge on any atom is -0.467 e. The Morgan fingerprint density at radius 1 is 1.20 bits per heavy atom. The van der Waals surface area contributed by atoms with Crippen molar-refractivity contribution >= 4 is 12.0 Å². The second-order valence-corrected chi connectivity index (χ2v) is 6.75. The van der Waals surface area contributed by atoms with Crippen molar-refractivity contribution in [2.24, 2.45) is 5.92 Å². The largest absolute Gasteiger partial charge is 0.467 e. The SMILES string of the molecule is C/C(=C\c1ccccc1)CN1CCC(C(=O)NCc2ccco2)CC1. The first kappa shape index (κ1) is 17.5. The molecule has 0 spiro atoms. The lowest BCUT2D eigenvalue weighted by molar-refractivity contribution is -0.126. The Labute approximate surface area is 149 Å². The summed E-state index contributed by atoms with van der Waals surface area (Å²) < 4.78 is 5.25. The van der Waals surface area contributed by atoms with Crippen LogP contribution in [0.2, 0.25) is 0 Å². The van der Waals surface area contributed by atoms with Crippen LogP contribution in [0.5, 0.6) is 0 Å². The number of carbonyl (C=O) groups excluding carboxylic acids is 1. The number of nitrogens with zero attached hydrogens (tertiary/aromatic N) is 1. The number of carbonyl (C=O) groups is 1. The van der Waals surface area contributed by atoms with Gasteiger partial charge < -0.3 is 9.73 Å². The van der Waals surface area contributed by atoms with E-state index in [-0.39, 0.29) is 11.8 Å². The fourth-order valence-electron chi connectivity index (χ4n) is 3.32. The summed E-state index contributed by atoms with van der Waals surface area (Å²) in [6.07, 6.45) is 5.71. The van der Waals surface area contributed by atoms with Crippen molar-refractivity contribution in [3.63, 3.8) is 0 Å². The summed E-state index contributed by atoms with van der Waals surface area (Å²) in [5, 5.41) is 2.98. The lowest BCUT2D eigenvalue weighted by Crippen LogP contribution is -2.40. The van der Waals surface area contributed by atoms with Crippen LogP contribution < -0.4 is 5.32 Å². The molecule has 1 aromatic heterocycles. The molecule has 1 aliphatic rings. The zero-order valence-electron chi connectivity index (χ0n) is 14.8. The summed E-state index contributed by atoms with van der Waals surface area (Å²) in [6.45, 7) is 5.56. The van der Waals surface area contributed by atoms with Crippen molar-refractivity contribution < 1.29 is 9.21 Å². The van der Waals surface area contributed by atoms with Gasteiger partial charge in [-0.15, -0.1) is 0 Å². The Bertz CT molecular complexity index is 684. The molecule has 0 radical (unpaired) electrons. The van der Waals surface area contributed by atoms with Gasteiger partial charge in [-0.05, 0) is 50.6 Å². The Hall–Kier alpha value is -2.33. The van der Waals surface area contributed by atoms with Gasteiger partial charge in [0.15, 0.2) is 0 Å². The molecule has 25 heavy (non-hydrogen) atoms. The van der Waals surface area contributed by atoms with Crippen LogP contribution in [0.15, 0.2) is 58.7 Å². The molecule has 132 valence electrons. The number of hydrogen-bond acceptors (Lipinski definition) is 3. The predicted octanol–water partition coefficient (Wildman–Crippen LogP) is 3.71. The van der Waals surface area contributed by atoms with Crippen molar-refractivity contribution in [3.8, 4) is 0 Å². The Kier molecular flexibility index (Phi) is 6.07. The fraction of sp³-hybridized carbons (Fsp3) is 0.381. The van der Waals surface area contributed by atoms with E-state index in [1.54, 1.807) is 6.26 Å². The highest BCUT2D eigenvalue weighted by Gasteiger charge is 2.24. The number of rotatable bonds is 6. The zero-order chi connectivity index (χ0) is 17.5. The summed E-state index contributed by atoms with van der Waals surface area (Å²) >= 11 is 0. The maximum absolute atomic E-state index is 12.3. The molecule has 1 aromatic carbocycles. The summed E-state index contributed by atoms with van der Waals surface area (Å²) in [5.74, 6) is 1.06. The van der Waals surface area contributed by atoms with E-state index in [1.807, 2.05) is 18.2 Å². The van der Waals surface area contributed by atoms with Crippen LogP contribution in [0.3, 0.4) is 0 Å². The molecule has 1 aliphatic heterocycles. The van der Waals surface area contributed by atoms with Crippen LogP contribution in [-0.2, 0) is 11.3 Å². The highest BCUT2D eigenvalue weighted by atomic mass is 16.3. The minimum absolute atomic E-state index is 0.115. The van der Waals surface area contributed by atoms with E-state index in [1.165, 1.54) is 11.1 Å². The molecule has 4 heteroatoms. The third kappa shape index (κ3) is 5.33. The third-order valence-corrected chi connectivity index (χ3v) is 4.66. The summed E-state index contributed by atoms with van der Waals surface area (Å²) in [7, 11) is 0. The summed E-state index contributed by atoms with van der Waals surface area (Å²) in [5.41, 5.74) is 2.60. The van der Waals surface area contributed by atoms with Crippen molar-refractivity contribution in [1.29, 1.82) is 0 Å². The lowest BCUT2D eigenvalue weighted by Gasteiger charge is -2.31. The first-order valence-corrected chi connectivity index (χ1v) is 8.95. The predicted molar refractivity (Wildman–Crippen MR) is 99.8 cm³/mol. The van der Waals surface area contributed by atoms with Gasteiger partial charge in [-0.25, -0.2) is 0 Å². The molecular weight excluding hydrogens is 312 g/mol.